The van der Waals surface area contributed by atoms with Crippen LogP contribution in [0.2, 0.25) is 0 Å². The molecule has 1 N–H and O–H groups in total. The molecule has 1 aromatic heterocycles. The Hall–Kier alpha value is -1.12. The fourth-order valence-corrected chi connectivity index (χ4v) is 1.68. The third kappa shape index (κ3) is 2.46. The molecule has 0 saturated heterocycles. The van der Waals surface area contributed by atoms with Crippen molar-refractivity contribution in [3.63, 3.8) is 0 Å². The van der Waals surface area contributed by atoms with Crippen LogP contribution >= 0.6 is 11.6 Å². The molecule has 1 heterocycles. The molecule has 0 amide bonds. The first-order valence-electron chi connectivity index (χ1n) is 4.91. The third-order valence-corrected chi connectivity index (χ3v) is 2.70. The average molecular weight is 223 g/mol. The Kier molecular flexibility index (Phi) is 3.19. The number of pyridine rings is 1. The smallest absolute Gasteiger partial charge is 0.176 e. The fourth-order valence-electron chi connectivity index (χ4n) is 1.58. The maximum absolute atomic E-state index is 9.43. The molecule has 0 aliphatic carbocycles. The summed E-state index contributed by atoms with van der Waals surface area (Å²) in [6.45, 7) is 0.536. The lowest BCUT2D eigenvalue weighted by Gasteiger charge is -2.02. The standard InChI is InChI=1S/C12H13ClNO/c13-7-12(15)9-14-6-5-10-3-1-2-4-11(10)8-14/h1-6,8,12,15H,7,9H2/q+1. The highest BCUT2D eigenvalue weighted by Gasteiger charge is 2.09. The van der Waals surface area contributed by atoms with E-state index < -0.39 is 6.10 Å². The molecular formula is C12H13ClNO+. The third-order valence-electron chi connectivity index (χ3n) is 2.35. The molecule has 0 bridgehead atoms. The van der Waals surface area contributed by atoms with Crippen LogP contribution in [-0.4, -0.2) is 17.1 Å². The molecule has 2 aromatic rings. The van der Waals surface area contributed by atoms with Crippen molar-refractivity contribution in [2.45, 2.75) is 12.6 Å². The minimum Gasteiger partial charge on any atom is -0.385 e. The van der Waals surface area contributed by atoms with Crippen molar-refractivity contribution in [2.24, 2.45) is 0 Å². The first-order valence-corrected chi connectivity index (χ1v) is 5.45. The van der Waals surface area contributed by atoms with Gasteiger partial charge >= 0.3 is 0 Å². The Bertz CT molecular complexity index is 458. The van der Waals surface area contributed by atoms with E-state index >= 15 is 0 Å². The number of aromatic nitrogens is 1. The van der Waals surface area contributed by atoms with Crippen molar-refractivity contribution in [3.05, 3.63) is 42.7 Å². The largest absolute Gasteiger partial charge is 0.385 e. The van der Waals surface area contributed by atoms with Crippen LogP contribution in [0.3, 0.4) is 0 Å². The van der Waals surface area contributed by atoms with E-state index in [-0.39, 0.29) is 5.88 Å². The summed E-state index contributed by atoms with van der Waals surface area (Å²) in [5.41, 5.74) is 0. The van der Waals surface area contributed by atoms with Crippen molar-refractivity contribution in [1.82, 2.24) is 0 Å². The van der Waals surface area contributed by atoms with Crippen LogP contribution in [0, 0.1) is 0 Å². The van der Waals surface area contributed by atoms with Gasteiger partial charge in [0.25, 0.3) is 0 Å². The molecule has 2 nitrogen and oxygen atoms in total. The number of hydrogen-bond donors (Lipinski definition) is 1. The maximum Gasteiger partial charge on any atom is 0.176 e. The monoisotopic (exact) mass is 222 g/mol. The molecule has 78 valence electrons. The maximum atomic E-state index is 9.43. The average Bonchev–Trinajstić information content (AvgIpc) is 2.29. The van der Waals surface area contributed by atoms with Gasteiger partial charge in [-0.2, -0.15) is 0 Å². The Morgan fingerprint density at radius 2 is 1.93 bits per heavy atom. The van der Waals surface area contributed by atoms with E-state index in [0.717, 1.165) is 0 Å². The number of fused-ring (bicyclic) bond motifs is 1. The Morgan fingerprint density at radius 1 is 1.20 bits per heavy atom. The van der Waals surface area contributed by atoms with Gasteiger partial charge < -0.3 is 5.11 Å². The summed E-state index contributed by atoms with van der Waals surface area (Å²) in [5.74, 6) is 0.264. The lowest BCUT2D eigenvalue weighted by Crippen LogP contribution is -2.39. The molecule has 0 saturated carbocycles. The SMILES string of the molecule is OC(CCl)C[n+]1ccc2ccccc2c1. The number of alkyl halides is 1. The van der Waals surface area contributed by atoms with Gasteiger partial charge in [0.05, 0.1) is 5.88 Å². The number of aliphatic hydroxyl groups excluding tert-OH is 1. The predicted molar refractivity (Wildman–Crippen MR) is 60.9 cm³/mol. The number of aliphatic hydroxyl groups is 1. The van der Waals surface area contributed by atoms with E-state index in [1.54, 1.807) is 0 Å². The molecule has 2 rings (SSSR count). The number of nitrogens with zero attached hydrogens (tertiary/aromatic N) is 1. The second kappa shape index (κ2) is 4.60. The fraction of sp³-hybridized carbons (Fsp3) is 0.250. The van der Waals surface area contributed by atoms with Gasteiger partial charge in [-0.1, -0.05) is 18.2 Å². The molecule has 1 unspecified atom stereocenters. The van der Waals surface area contributed by atoms with Crippen molar-refractivity contribution in [2.75, 3.05) is 5.88 Å². The summed E-state index contributed by atoms with van der Waals surface area (Å²) in [6.07, 6.45) is 3.49. The zero-order chi connectivity index (χ0) is 10.7. The zero-order valence-corrected chi connectivity index (χ0v) is 9.06. The number of halogens is 1. The molecule has 0 fully saturated rings. The Labute approximate surface area is 93.7 Å². The molecule has 3 heteroatoms. The quantitative estimate of drug-likeness (QED) is 0.621. The molecule has 15 heavy (non-hydrogen) atoms. The van der Waals surface area contributed by atoms with Gasteiger partial charge in [-0.15, -0.1) is 11.6 Å². The van der Waals surface area contributed by atoms with Crippen LogP contribution in [0.4, 0.5) is 0 Å². The van der Waals surface area contributed by atoms with E-state index in [9.17, 15) is 5.11 Å². The van der Waals surface area contributed by atoms with Gasteiger partial charge in [0.1, 0.15) is 6.10 Å². The summed E-state index contributed by atoms with van der Waals surface area (Å²) >= 11 is 5.56. The summed E-state index contributed by atoms with van der Waals surface area (Å²) in [7, 11) is 0. The first-order chi connectivity index (χ1) is 7.29. The van der Waals surface area contributed by atoms with Crippen LogP contribution in [0.5, 0.6) is 0 Å². The van der Waals surface area contributed by atoms with Crippen LogP contribution in [0.15, 0.2) is 42.7 Å². The number of hydrogen-bond acceptors (Lipinski definition) is 1. The van der Waals surface area contributed by atoms with Gasteiger partial charge in [-0.25, -0.2) is 4.57 Å². The topological polar surface area (TPSA) is 24.1 Å². The molecule has 1 aromatic carbocycles. The minimum atomic E-state index is -0.488. The lowest BCUT2D eigenvalue weighted by atomic mass is 10.2. The summed E-state index contributed by atoms with van der Waals surface area (Å²) in [6, 6.07) is 10.2. The van der Waals surface area contributed by atoms with E-state index in [1.807, 2.05) is 35.2 Å². The van der Waals surface area contributed by atoms with E-state index in [1.165, 1.54) is 10.8 Å². The van der Waals surface area contributed by atoms with Gasteiger partial charge in [-0.3, -0.25) is 0 Å². The van der Waals surface area contributed by atoms with Gasteiger partial charge in [-0.05, 0) is 11.5 Å². The number of rotatable bonds is 3. The Morgan fingerprint density at radius 3 is 2.67 bits per heavy atom. The van der Waals surface area contributed by atoms with E-state index in [4.69, 9.17) is 11.6 Å². The Balaban J connectivity index is 2.30. The second-order valence-electron chi connectivity index (χ2n) is 3.58. The predicted octanol–water partition coefficient (Wildman–Crippen LogP) is 1.73. The molecule has 0 aliphatic heterocycles. The van der Waals surface area contributed by atoms with Crippen molar-refractivity contribution < 1.29 is 9.67 Å². The lowest BCUT2D eigenvalue weighted by molar-refractivity contribution is -0.701. The second-order valence-corrected chi connectivity index (χ2v) is 3.89. The molecular weight excluding hydrogens is 210 g/mol. The normalized spacial score (nSPS) is 12.9. The molecule has 0 aliphatic rings. The highest BCUT2D eigenvalue weighted by Crippen LogP contribution is 2.09. The summed E-state index contributed by atoms with van der Waals surface area (Å²) in [4.78, 5) is 0. The zero-order valence-electron chi connectivity index (χ0n) is 8.31. The van der Waals surface area contributed by atoms with Crippen LogP contribution < -0.4 is 4.57 Å². The van der Waals surface area contributed by atoms with Crippen LogP contribution in [0.25, 0.3) is 10.8 Å². The molecule has 1 atom stereocenters. The summed E-state index contributed by atoms with van der Waals surface area (Å²) < 4.78 is 1.95. The van der Waals surface area contributed by atoms with E-state index in [0.29, 0.717) is 6.54 Å². The highest BCUT2D eigenvalue weighted by molar-refractivity contribution is 6.18. The number of benzene rings is 1. The highest BCUT2D eigenvalue weighted by atomic mass is 35.5. The van der Waals surface area contributed by atoms with Crippen LogP contribution in [0.1, 0.15) is 0 Å². The molecule has 0 radical (unpaired) electrons. The van der Waals surface area contributed by atoms with Gasteiger partial charge in [0.15, 0.2) is 18.9 Å². The summed E-state index contributed by atoms with van der Waals surface area (Å²) in [5, 5.41) is 11.8. The van der Waals surface area contributed by atoms with Crippen molar-refractivity contribution in [1.29, 1.82) is 0 Å². The van der Waals surface area contributed by atoms with Crippen LogP contribution in [-0.2, 0) is 6.54 Å². The van der Waals surface area contributed by atoms with Crippen molar-refractivity contribution in [3.8, 4) is 0 Å². The van der Waals surface area contributed by atoms with Gasteiger partial charge in [0.2, 0.25) is 0 Å². The minimum absolute atomic E-state index is 0.264. The molecule has 0 spiro atoms. The van der Waals surface area contributed by atoms with E-state index in [2.05, 4.69) is 12.1 Å². The van der Waals surface area contributed by atoms with Crippen molar-refractivity contribution >= 4 is 22.4 Å². The van der Waals surface area contributed by atoms with Gasteiger partial charge in [0, 0.05) is 11.5 Å². The first kappa shape index (κ1) is 10.4.